The molecule has 0 spiro atoms. The number of para-hydroxylation sites is 1. The van der Waals surface area contributed by atoms with E-state index < -0.39 is 0 Å². The lowest BCUT2D eigenvalue weighted by molar-refractivity contribution is -0.122. The molecule has 2 rings (SSSR count). The second kappa shape index (κ2) is 7.05. The van der Waals surface area contributed by atoms with Crippen LogP contribution in [0, 0.1) is 5.92 Å². The third-order valence-electron chi connectivity index (χ3n) is 3.54. The van der Waals surface area contributed by atoms with Gasteiger partial charge in [0.15, 0.2) is 0 Å². The van der Waals surface area contributed by atoms with Crippen molar-refractivity contribution in [3.63, 3.8) is 0 Å². The molecule has 20 heavy (non-hydrogen) atoms. The minimum Gasteiger partial charge on any atom is -0.356 e. The minimum atomic E-state index is -0.120. The highest BCUT2D eigenvalue weighted by atomic mass is 16.2. The van der Waals surface area contributed by atoms with Crippen LogP contribution in [0.2, 0.25) is 0 Å². The van der Waals surface area contributed by atoms with Crippen molar-refractivity contribution in [2.75, 3.05) is 18.4 Å². The summed E-state index contributed by atoms with van der Waals surface area (Å²) in [5.74, 6) is -0.117. The van der Waals surface area contributed by atoms with Crippen LogP contribution in [-0.2, 0) is 16.0 Å². The number of rotatable bonds is 6. The molecule has 0 radical (unpaired) electrons. The fourth-order valence-electron chi connectivity index (χ4n) is 2.37. The second-order valence-electron chi connectivity index (χ2n) is 5.08. The highest BCUT2D eigenvalue weighted by molar-refractivity contribution is 5.96. The Morgan fingerprint density at radius 2 is 2.20 bits per heavy atom. The van der Waals surface area contributed by atoms with Gasteiger partial charge >= 0.3 is 0 Å². The first-order chi connectivity index (χ1) is 9.70. The number of carbonyl (C=O) groups excluding carboxylic acids is 2. The van der Waals surface area contributed by atoms with Gasteiger partial charge in [0.05, 0.1) is 0 Å². The molecule has 1 heterocycles. The van der Waals surface area contributed by atoms with Crippen LogP contribution in [0.15, 0.2) is 24.3 Å². The molecule has 4 N–H and O–H groups in total. The van der Waals surface area contributed by atoms with E-state index in [-0.39, 0.29) is 17.7 Å². The molecule has 0 aromatic heterocycles. The molecule has 1 aliphatic heterocycles. The van der Waals surface area contributed by atoms with E-state index in [0.29, 0.717) is 32.4 Å². The molecule has 2 amide bonds. The molecule has 1 unspecified atom stereocenters. The van der Waals surface area contributed by atoms with Crippen LogP contribution in [-0.4, -0.2) is 24.9 Å². The summed E-state index contributed by atoms with van der Waals surface area (Å²) >= 11 is 0. The van der Waals surface area contributed by atoms with Crippen molar-refractivity contribution in [1.29, 1.82) is 0 Å². The summed E-state index contributed by atoms with van der Waals surface area (Å²) < 4.78 is 0. The number of hydrogen-bond acceptors (Lipinski definition) is 3. The Morgan fingerprint density at radius 3 is 3.00 bits per heavy atom. The molecule has 0 saturated heterocycles. The molecular formula is C15H21N3O2. The van der Waals surface area contributed by atoms with Crippen molar-refractivity contribution < 1.29 is 9.59 Å². The lowest BCUT2D eigenvalue weighted by atomic mass is 9.89. The van der Waals surface area contributed by atoms with Gasteiger partial charge < -0.3 is 16.4 Å². The van der Waals surface area contributed by atoms with E-state index in [0.717, 1.165) is 17.7 Å². The van der Waals surface area contributed by atoms with Gasteiger partial charge in [0.2, 0.25) is 11.8 Å². The maximum atomic E-state index is 12.0. The Balaban J connectivity index is 1.82. The summed E-state index contributed by atoms with van der Waals surface area (Å²) in [6.45, 7) is 1.18. The number of amides is 2. The summed E-state index contributed by atoms with van der Waals surface area (Å²) in [4.78, 5) is 23.6. The first kappa shape index (κ1) is 14.5. The predicted octanol–water partition coefficient (Wildman–Crippen LogP) is 1.04. The monoisotopic (exact) mass is 275 g/mol. The Hall–Kier alpha value is -1.88. The number of nitrogens with one attached hydrogen (secondary N) is 2. The number of anilines is 1. The van der Waals surface area contributed by atoms with Gasteiger partial charge in [-0.1, -0.05) is 18.2 Å². The minimum absolute atomic E-state index is 0.00916. The number of hydrogen-bond donors (Lipinski definition) is 3. The van der Waals surface area contributed by atoms with E-state index in [4.69, 9.17) is 5.73 Å². The van der Waals surface area contributed by atoms with Gasteiger partial charge in [0.25, 0.3) is 0 Å². The van der Waals surface area contributed by atoms with E-state index >= 15 is 0 Å². The van der Waals surface area contributed by atoms with Crippen molar-refractivity contribution in [3.8, 4) is 0 Å². The van der Waals surface area contributed by atoms with Gasteiger partial charge in [0, 0.05) is 24.6 Å². The standard InChI is InChI=1S/C15H21N3O2/c16-8-3-9-17-14(19)7-6-12-10-11-4-1-2-5-13(11)18-15(12)20/h1-2,4-5,12H,3,6-10,16H2,(H,17,19)(H,18,20). The highest BCUT2D eigenvalue weighted by Gasteiger charge is 2.25. The van der Waals surface area contributed by atoms with Gasteiger partial charge in [0.1, 0.15) is 0 Å². The Bertz CT molecular complexity index is 488. The highest BCUT2D eigenvalue weighted by Crippen LogP contribution is 2.27. The topological polar surface area (TPSA) is 84.2 Å². The van der Waals surface area contributed by atoms with Crippen LogP contribution in [0.1, 0.15) is 24.8 Å². The molecule has 0 saturated carbocycles. The fraction of sp³-hybridized carbons (Fsp3) is 0.467. The molecule has 1 aliphatic rings. The predicted molar refractivity (Wildman–Crippen MR) is 78.2 cm³/mol. The van der Waals surface area contributed by atoms with Crippen LogP contribution in [0.5, 0.6) is 0 Å². The smallest absolute Gasteiger partial charge is 0.227 e. The van der Waals surface area contributed by atoms with Crippen LogP contribution in [0.3, 0.4) is 0 Å². The third-order valence-corrected chi connectivity index (χ3v) is 3.54. The molecule has 5 heteroatoms. The van der Waals surface area contributed by atoms with Crippen molar-refractivity contribution >= 4 is 17.5 Å². The summed E-state index contributed by atoms with van der Waals surface area (Å²) in [6, 6.07) is 7.79. The van der Waals surface area contributed by atoms with E-state index in [1.165, 1.54) is 0 Å². The lowest BCUT2D eigenvalue weighted by Crippen LogP contribution is -2.32. The van der Waals surface area contributed by atoms with Crippen molar-refractivity contribution in [1.82, 2.24) is 5.32 Å². The normalized spacial score (nSPS) is 17.2. The molecule has 0 bridgehead atoms. The van der Waals surface area contributed by atoms with Crippen molar-refractivity contribution in [2.45, 2.75) is 25.7 Å². The lowest BCUT2D eigenvalue weighted by Gasteiger charge is -2.24. The van der Waals surface area contributed by atoms with Gasteiger partial charge in [-0.15, -0.1) is 0 Å². The van der Waals surface area contributed by atoms with Gasteiger partial charge in [-0.2, -0.15) is 0 Å². The summed E-state index contributed by atoms with van der Waals surface area (Å²) in [5.41, 5.74) is 7.39. The first-order valence-corrected chi connectivity index (χ1v) is 7.06. The largest absolute Gasteiger partial charge is 0.356 e. The second-order valence-corrected chi connectivity index (χ2v) is 5.08. The van der Waals surface area contributed by atoms with Crippen molar-refractivity contribution in [3.05, 3.63) is 29.8 Å². The van der Waals surface area contributed by atoms with E-state index in [1.54, 1.807) is 0 Å². The van der Waals surface area contributed by atoms with E-state index in [2.05, 4.69) is 10.6 Å². The third kappa shape index (κ3) is 3.81. The average molecular weight is 275 g/mol. The zero-order valence-electron chi connectivity index (χ0n) is 11.5. The zero-order valence-corrected chi connectivity index (χ0v) is 11.5. The van der Waals surface area contributed by atoms with Crippen LogP contribution in [0.4, 0.5) is 5.69 Å². The maximum Gasteiger partial charge on any atom is 0.227 e. The summed E-state index contributed by atoms with van der Waals surface area (Å²) in [7, 11) is 0. The molecular weight excluding hydrogens is 254 g/mol. The number of benzene rings is 1. The average Bonchev–Trinajstić information content (AvgIpc) is 2.45. The summed E-state index contributed by atoms with van der Waals surface area (Å²) in [5, 5.41) is 5.71. The van der Waals surface area contributed by atoms with Crippen molar-refractivity contribution in [2.24, 2.45) is 11.7 Å². The number of carbonyl (C=O) groups is 2. The molecule has 1 aromatic rings. The molecule has 1 aromatic carbocycles. The number of nitrogens with two attached hydrogens (primary N) is 1. The molecule has 1 atom stereocenters. The fourth-order valence-corrected chi connectivity index (χ4v) is 2.37. The molecule has 108 valence electrons. The summed E-state index contributed by atoms with van der Waals surface area (Å²) in [6.07, 6.45) is 2.45. The maximum absolute atomic E-state index is 12.0. The Morgan fingerprint density at radius 1 is 1.40 bits per heavy atom. The van der Waals surface area contributed by atoms with E-state index in [9.17, 15) is 9.59 Å². The van der Waals surface area contributed by atoms with Crippen LogP contribution < -0.4 is 16.4 Å². The first-order valence-electron chi connectivity index (χ1n) is 7.06. The Labute approximate surface area is 118 Å². The van der Waals surface area contributed by atoms with E-state index in [1.807, 2.05) is 24.3 Å². The molecule has 5 nitrogen and oxygen atoms in total. The molecule has 0 aliphatic carbocycles. The zero-order chi connectivity index (χ0) is 14.4. The van der Waals surface area contributed by atoms with Crippen LogP contribution >= 0.6 is 0 Å². The van der Waals surface area contributed by atoms with Gasteiger partial charge in [-0.05, 0) is 37.4 Å². The number of fused-ring (bicyclic) bond motifs is 1. The van der Waals surface area contributed by atoms with Gasteiger partial charge in [-0.25, -0.2) is 0 Å². The van der Waals surface area contributed by atoms with Gasteiger partial charge in [-0.3, -0.25) is 9.59 Å². The Kier molecular flexibility index (Phi) is 5.12. The molecule has 0 fully saturated rings. The SMILES string of the molecule is NCCCNC(=O)CCC1Cc2ccccc2NC1=O. The van der Waals surface area contributed by atoms with Crippen LogP contribution in [0.25, 0.3) is 0 Å². The quantitative estimate of drug-likeness (QED) is 0.678.